The van der Waals surface area contributed by atoms with Crippen LogP contribution in [-0.2, 0) is 0 Å². The lowest BCUT2D eigenvalue weighted by Gasteiger charge is -2.16. The molecule has 62 valence electrons. The highest BCUT2D eigenvalue weighted by molar-refractivity contribution is 5.27. The van der Waals surface area contributed by atoms with Crippen molar-refractivity contribution >= 4 is 0 Å². The van der Waals surface area contributed by atoms with Crippen LogP contribution in [0.3, 0.4) is 0 Å². The van der Waals surface area contributed by atoms with Crippen LogP contribution in [0.1, 0.15) is 39.0 Å². The quantitative estimate of drug-likeness (QED) is 0.528. The summed E-state index contributed by atoms with van der Waals surface area (Å²) in [5.74, 6) is 0.498. The van der Waals surface area contributed by atoms with Crippen molar-refractivity contribution in [3.05, 3.63) is 11.1 Å². The fourth-order valence-corrected chi connectivity index (χ4v) is 2.43. The van der Waals surface area contributed by atoms with E-state index in [9.17, 15) is 5.11 Å². The van der Waals surface area contributed by atoms with Crippen LogP contribution >= 0.6 is 0 Å². The van der Waals surface area contributed by atoms with Gasteiger partial charge in [-0.1, -0.05) is 12.5 Å². The zero-order chi connectivity index (χ0) is 7.84. The maximum Gasteiger partial charge on any atom is 0.0781 e. The Balaban J connectivity index is 2.20. The topological polar surface area (TPSA) is 20.2 Å². The van der Waals surface area contributed by atoms with E-state index < -0.39 is 0 Å². The maximum absolute atomic E-state index is 9.74. The Bertz CT molecular complexity index is 193. The minimum absolute atomic E-state index is 0.0923. The minimum Gasteiger partial charge on any atom is -0.388 e. The third-order valence-corrected chi connectivity index (χ3v) is 3.09. The van der Waals surface area contributed by atoms with Crippen molar-refractivity contribution in [2.24, 2.45) is 5.92 Å². The molecular formula is C10H16O. The number of aliphatic hydroxyl groups is 1. The molecule has 1 heteroatoms. The molecule has 0 heterocycles. The Kier molecular flexibility index (Phi) is 1.76. The predicted octanol–water partition coefficient (Wildman–Crippen LogP) is 2.26. The van der Waals surface area contributed by atoms with Crippen molar-refractivity contribution in [2.45, 2.75) is 45.1 Å². The van der Waals surface area contributed by atoms with Crippen LogP contribution in [0, 0.1) is 5.92 Å². The molecule has 0 spiro atoms. The highest BCUT2D eigenvalue weighted by atomic mass is 16.3. The van der Waals surface area contributed by atoms with Gasteiger partial charge in [-0.15, -0.1) is 0 Å². The van der Waals surface area contributed by atoms with Gasteiger partial charge in [-0.25, -0.2) is 0 Å². The van der Waals surface area contributed by atoms with Gasteiger partial charge in [0.2, 0.25) is 0 Å². The van der Waals surface area contributed by atoms with E-state index in [0.29, 0.717) is 5.92 Å². The van der Waals surface area contributed by atoms with E-state index in [1.807, 2.05) is 0 Å². The van der Waals surface area contributed by atoms with Gasteiger partial charge in [-0.3, -0.25) is 0 Å². The molecule has 0 radical (unpaired) electrons. The highest BCUT2D eigenvalue weighted by Crippen LogP contribution is 2.39. The predicted molar refractivity (Wildman–Crippen MR) is 45.3 cm³/mol. The molecule has 1 nitrogen and oxygen atoms in total. The van der Waals surface area contributed by atoms with Crippen molar-refractivity contribution in [1.29, 1.82) is 0 Å². The highest BCUT2D eigenvalue weighted by Gasteiger charge is 2.30. The van der Waals surface area contributed by atoms with Crippen LogP contribution in [-0.4, -0.2) is 11.2 Å². The van der Waals surface area contributed by atoms with Crippen LogP contribution < -0.4 is 0 Å². The third kappa shape index (κ3) is 1.12. The van der Waals surface area contributed by atoms with E-state index in [1.165, 1.54) is 31.3 Å². The zero-order valence-electron chi connectivity index (χ0n) is 7.14. The molecule has 2 unspecified atom stereocenters. The first-order valence-corrected chi connectivity index (χ1v) is 4.68. The summed E-state index contributed by atoms with van der Waals surface area (Å²) >= 11 is 0. The molecule has 0 amide bonds. The van der Waals surface area contributed by atoms with Gasteiger partial charge in [0.1, 0.15) is 0 Å². The molecule has 0 saturated carbocycles. The fraction of sp³-hybridized carbons (Fsp3) is 0.800. The first-order valence-electron chi connectivity index (χ1n) is 4.68. The number of hydrogen-bond donors (Lipinski definition) is 1. The van der Waals surface area contributed by atoms with Gasteiger partial charge in [0.25, 0.3) is 0 Å². The Hall–Kier alpha value is -0.300. The van der Waals surface area contributed by atoms with Gasteiger partial charge >= 0.3 is 0 Å². The van der Waals surface area contributed by atoms with E-state index >= 15 is 0 Å². The van der Waals surface area contributed by atoms with Crippen molar-refractivity contribution in [2.75, 3.05) is 0 Å². The molecule has 0 aromatic heterocycles. The van der Waals surface area contributed by atoms with E-state index in [0.717, 1.165) is 6.42 Å². The van der Waals surface area contributed by atoms with Gasteiger partial charge in [0, 0.05) is 0 Å². The minimum atomic E-state index is -0.0923. The normalized spacial score (nSPS) is 37.6. The molecule has 1 N–H and O–H groups in total. The first-order chi connectivity index (χ1) is 5.29. The zero-order valence-corrected chi connectivity index (χ0v) is 7.14. The largest absolute Gasteiger partial charge is 0.388 e. The summed E-state index contributed by atoms with van der Waals surface area (Å²) in [5.41, 5.74) is 2.97. The molecule has 2 rings (SSSR count). The van der Waals surface area contributed by atoms with Crippen LogP contribution in [0.25, 0.3) is 0 Å². The summed E-state index contributed by atoms with van der Waals surface area (Å²) in [6.45, 7) is 2.16. The van der Waals surface area contributed by atoms with Crippen molar-refractivity contribution in [1.82, 2.24) is 0 Å². The number of aliphatic hydroxyl groups excluding tert-OH is 1. The summed E-state index contributed by atoms with van der Waals surface area (Å²) in [4.78, 5) is 0. The van der Waals surface area contributed by atoms with Gasteiger partial charge in [0.05, 0.1) is 6.10 Å². The Labute approximate surface area is 68.1 Å². The summed E-state index contributed by atoms with van der Waals surface area (Å²) in [6.07, 6.45) is 6.14. The lowest BCUT2D eigenvalue weighted by atomic mass is 9.93. The molecule has 2 aliphatic rings. The first kappa shape index (κ1) is 7.35. The molecule has 0 aliphatic heterocycles. The summed E-state index contributed by atoms with van der Waals surface area (Å²) < 4.78 is 0. The van der Waals surface area contributed by atoms with Crippen molar-refractivity contribution in [3.8, 4) is 0 Å². The van der Waals surface area contributed by atoms with E-state index in [1.54, 1.807) is 5.57 Å². The summed E-state index contributed by atoms with van der Waals surface area (Å²) in [5, 5.41) is 9.74. The van der Waals surface area contributed by atoms with Gasteiger partial charge < -0.3 is 5.11 Å². The number of hydrogen-bond acceptors (Lipinski definition) is 1. The van der Waals surface area contributed by atoms with E-state index in [2.05, 4.69) is 6.92 Å². The Morgan fingerprint density at radius 1 is 1.27 bits per heavy atom. The SMILES string of the molecule is CC1CC2=C(CCCC2)C1O. The van der Waals surface area contributed by atoms with Crippen LogP contribution in [0.2, 0.25) is 0 Å². The average Bonchev–Trinajstić information content (AvgIpc) is 2.30. The molecule has 0 aromatic rings. The molecular weight excluding hydrogens is 136 g/mol. The second kappa shape index (κ2) is 2.63. The fourth-order valence-electron chi connectivity index (χ4n) is 2.43. The van der Waals surface area contributed by atoms with Gasteiger partial charge in [0.15, 0.2) is 0 Å². The van der Waals surface area contributed by atoms with Crippen LogP contribution in [0.4, 0.5) is 0 Å². The molecule has 0 aromatic carbocycles. The molecule has 11 heavy (non-hydrogen) atoms. The molecule has 0 bridgehead atoms. The Morgan fingerprint density at radius 2 is 2.00 bits per heavy atom. The second-order valence-corrected chi connectivity index (χ2v) is 3.96. The average molecular weight is 152 g/mol. The monoisotopic (exact) mass is 152 g/mol. The summed E-state index contributed by atoms with van der Waals surface area (Å²) in [6, 6.07) is 0. The molecule has 2 aliphatic carbocycles. The lowest BCUT2D eigenvalue weighted by Crippen LogP contribution is -2.14. The smallest absolute Gasteiger partial charge is 0.0781 e. The van der Waals surface area contributed by atoms with Crippen molar-refractivity contribution < 1.29 is 5.11 Å². The molecule has 0 fully saturated rings. The molecule has 2 atom stereocenters. The van der Waals surface area contributed by atoms with Gasteiger partial charge in [-0.2, -0.15) is 0 Å². The lowest BCUT2D eigenvalue weighted by molar-refractivity contribution is 0.161. The second-order valence-electron chi connectivity index (χ2n) is 3.96. The summed E-state index contributed by atoms with van der Waals surface area (Å²) in [7, 11) is 0. The standard InChI is InChI=1S/C10H16O/c1-7-6-8-4-2-3-5-9(8)10(7)11/h7,10-11H,2-6H2,1H3. The van der Waals surface area contributed by atoms with Crippen molar-refractivity contribution in [3.63, 3.8) is 0 Å². The number of rotatable bonds is 0. The Morgan fingerprint density at radius 3 is 2.73 bits per heavy atom. The third-order valence-electron chi connectivity index (χ3n) is 3.09. The number of allylic oxidation sites excluding steroid dienone is 1. The van der Waals surface area contributed by atoms with Crippen LogP contribution in [0.5, 0.6) is 0 Å². The van der Waals surface area contributed by atoms with Crippen LogP contribution in [0.15, 0.2) is 11.1 Å². The van der Waals surface area contributed by atoms with E-state index in [-0.39, 0.29) is 6.10 Å². The van der Waals surface area contributed by atoms with Gasteiger partial charge in [-0.05, 0) is 43.6 Å². The maximum atomic E-state index is 9.74. The van der Waals surface area contributed by atoms with E-state index in [4.69, 9.17) is 0 Å². The molecule has 0 saturated heterocycles.